The van der Waals surface area contributed by atoms with Crippen LogP contribution >= 0.6 is 0 Å². The Morgan fingerprint density at radius 3 is 2.55 bits per heavy atom. The highest BCUT2D eigenvalue weighted by Crippen LogP contribution is 1.89. The maximum absolute atomic E-state index is 11.0. The molecule has 0 aliphatic heterocycles. The number of rotatable bonds is 4. The van der Waals surface area contributed by atoms with Crippen molar-refractivity contribution in [2.24, 2.45) is 5.92 Å². The lowest BCUT2D eigenvalue weighted by Gasteiger charge is -2.03. The molecule has 0 aliphatic carbocycles. The highest BCUT2D eigenvalue weighted by molar-refractivity contribution is 5.77. The van der Waals surface area contributed by atoms with Gasteiger partial charge in [0.25, 0.3) is 0 Å². The van der Waals surface area contributed by atoms with E-state index in [4.69, 9.17) is 0 Å². The largest absolute Gasteiger partial charge is 0.352 e. The van der Waals surface area contributed by atoms with Gasteiger partial charge in [-0.15, -0.1) is 0 Å². The van der Waals surface area contributed by atoms with Crippen LogP contribution in [0.4, 0.5) is 0 Å². The fraction of sp³-hybridized carbons (Fsp3) is 0.667. The lowest BCUT2D eigenvalue weighted by molar-refractivity contribution is -0.123. The van der Waals surface area contributed by atoms with Crippen molar-refractivity contribution in [2.45, 2.75) is 27.2 Å². The average Bonchev–Trinajstić information content (AvgIpc) is 1.97. The van der Waals surface area contributed by atoms with Crippen LogP contribution in [0.2, 0.25) is 0 Å². The lowest BCUT2D eigenvalue weighted by atomic mass is 10.2. The molecule has 0 heterocycles. The Balaban J connectivity index is 3.39. The van der Waals surface area contributed by atoms with Gasteiger partial charge in [-0.2, -0.15) is 0 Å². The molecule has 0 rings (SSSR count). The standard InChI is InChI=1S/C9H17NO/c1-4-5-6-7-10-9(11)8(2)3/h5-6,8H,4,7H2,1-3H3,(H,10,11). The Kier molecular flexibility index (Phi) is 5.53. The Hall–Kier alpha value is -0.790. The molecule has 1 N–H and O–H groups in total. The zero-order valence-corrected chi connectivity index (χ0v) is 7.55. The Morgan fingerprint density at radius 2 is 2.09 bits per heavy atom. The molecule has 0 aromatic carbocycles. The molecular weight excluding hydrogens is 138 g/mol. The summed E-state index contributed by atoms with van der Waals surface area (Å²) in [5, 5.41) is 2.79. The maximum atomic E-state index is 11.0. The summed E-state index contributed by atoms with van der Waals surface area (Å²) in [6.45, 7) is 6.50. The van der Waals surface area contributed by atoms with Crippen LogP contribution in [-0.4, -0.2) is 12.5 Å². The maximum Gasteiger partial charge on any atom is 0.222 e. The van der Waals surface area contributed by atoms with Crippen LogP contribution in [0.15, 0.2) is 12.2 Å². The zero-order chi connectivity index (χ0) is 8.69. The van der Waals surface area contributed by atoms with Crippen molar-refractivity contribution in [1.82, 2.24) is 5.32 Å². The monoisotopic (exact) mass is 155 g/mol. The lowest BCUT2D eigenvalue weighted by Crippen LogP contribution is -2.27. The molecule has 1 amide bonds. The molecule has 0 fully saturated rings. The molecule has 0 atom stereocenters. The highest BCUT2D eigenvalue weighted by Gasteiger charge is 2.02. The van der Waals surface area contributed by atoms with Gasteiger partial charge < -0.3 is 5.32 Å². The summed E-state index contributed by atoms with van der Waals surface area (Å²) in [4.78, 5) is 11.0. The van der Waals surface area contributed by atoms with E-state index in [1.165, 1.54) is 0 Å². The van der Waals surface area contributed by atoms with Gasteiger partial charge in [-0.1, -0.05) is 32.9 Å². The first-order valence-corrected chi connectivity index (χ1v) is 4.11. The highest BCUT2D eigenvalue weighted by atomic mass is 16.1. The van der Waals surface area contributed by atoms with Gasteiger partial charge in [0.15, 0.2) is 0 Å². The predicted molar refractivity (Wildman–Crippen MR) is 47.3 cm³/mol. The van der Waals surface area contributed by atoms with Crippen molar-refractivity contribution in [3.63, 3.8) is 0 Å². The summed E-state index contributed by atoms with van der Waals surface area (Å²) in [5.41, 5.74) is 0. The normalized spacial score (nSPS) is 10.9. The van der Waals surface area contributed by atoms with Crippen molar-refractivity contribution < 1.29 is 4.79 Å². The number of amides is 1. The van der Waals surface area contributed by atoms with E-state index in [2.05, 4.69) is 12.2 Å². The molecule has 0 saturated carbocycles. The quantitative estimate of drug-likeness (QED) is 0.615. The van der Waals surface area contributed by atoms with Gasteiger partial charge in [0.1, 0.15) is 0 Å². The van der Waals surface area contributed by atoms with Crippen LogP contribution < -0.4 is 5.32 Å². The van der Waals surface area contributed by atoms with E-state index in [-0.39, 0.29) is 11.8 Å². The average molecular weight is 155 g/mol. The van der Waals surface area contributed by atoms with E-state index in [0.717, 1.165) is 6.42 Å². The topological polar surface area (TPSA) is 29.1 Å². The molecule has 11 heavy (non-hydrogen) atoms. The molecule has 0 unspecified atom stereocenters. The van der Waals surface area contributed by atoms with E-state index in [1.807, 2.05) is 26.0 Å². The summed E-state index contributed by atoms with van der Waals surface area (Å²) >= 11 is 0. The minimum absolute atomic E-state index is 0.0880. The molecule has 0 saturated heterocycles. The zero-order valence-electron chi connectivity index (χ0n) is 7.55. The summed E-state index contributed by atoms with van der Waals surface area (Å²) < 4.78 is 0. The number of hydrogen-bond acceptors (Lipinski definition) is 1. The van der Waals surface area contributed by atoms with E-state index < -0.39 is 0 Å². The predicted octanol–water partition coefficient (Wildman–Crippen LogP) is 1.72. The van der Waals surface area contributed by atoms with Crippen LogP contribution in [0, 0.1) is 5.92 Å². The van der Waals surface area contributed by atoms with Crippen molar-refractivity contribution in [3.8, 4) is 0 Å². The van der Waals surface area contributed by atoms with Crippen molar-refractivity contribution in [3.05, 3.63) is 12.2 Å². The molecule has 2 nitrogen and oxygen atoms in total. The molecule has 0 aromatic rings. The molecule has 2 heteroatoms. The van der Waals surface area contributed by atoms with Crippen molar-refractivity contribution in [2.75, 3.05) is 6.54 Å². The van der Waals surface area contributed by atoms with Crippen molar-refractivity contribution >= 4 is 5.91 Å². The van der Waals surface area contributed by atoms with E-state index in [1.54, 1.807) is 0 Å². The van der Waals surface area contributed by atoms with Gasteiger partial charge in [0.2, 0.25) is 5.91 Å². The Morgan fingerprint density at radius 1 is 1.45 bits per heavy atom. The number of nitrogens with one attached hydrogen (secondary N) is 1. The van der Waals surface area contributed by atoms with Gasteiger partial charge >= 0.3 is 0 Å². The SMILES string of the molecule is CCC=CCNC(=O)C(C)C. The number of carbonyl (C=O) groups is 1. The van der Waals surface area contributed by atoms with Gasteiger partial charge in [-0.3, -0.25) is 4.79 Å². The molecule has 0 aliphatic rings. The number of carbonyl (C=O) groups excluding carboxylic acids is 1. The molecular formula is C9H17NO. The van der Waals surface area contributed by atoms with Crippen molar-refractivity contribution in [1.29, 1.82) is 0 Å². The first-order chi connectivity index (χ1) is 5.18. The minimum atomic E-state index is 0.0880. The third-order valence-corrected chi connectivity index (χ3v) is 1.32. The summed E-state index contributed by atoms with van der Waals surface area (Å²) in [6.07, 6.45) is 5.04. The first-order valence-electron chi connectivity index (χ1n) is 4.11. The van der Waals surface area contributed by atoms with Crippen LogP contribution in [0.1, 0.15) is 27.2 Å². The Labute approximate surface area is 68.7 Å². The molecule has 64 valence electrons. The van der Waals surface area contributed by atoms with Gasteiger partial charge in [0, 0.05) is 12.5 Å². The van der Waals surface area contributed by atoms with Crippen LogP contribution in [0.3, 0.4) is 0 Å². The van der Waals surface area contributed by atoms with Gasteiger partial charge in [-0.05, 0) is 6.42 Å². The third-order valence-electron chi connectivity index (χ3n) is 1.32. The molecule has 0 bridgehead atoms. The second kappa shape index (κ2) is 5.96. The van der Waals surface area contributed by atoms with E-state index in [0.29, 0.717) is 6.54 Å². The van der Waals surface area contributed by atoms with Crippen LogP contribution in [0.5, 0.6) is 0 Å². The van der Waals surface area contributed by atoms with Crippen LogP contribution in [-0.2, 0) is 4.79 Å². The molecule has 0 radical (unpaired) electrons. The smallest absolute Gasteiger partial charge is 0.222 e. The van der Waals surface area contributed by atoms with E-state index in [9.17, 15) is 4.79 Å². The molecule has 0 spiro atoms. The summed E-state index contributed by atoms with van der Waals surface area (Å²) in [7, 11) is 0. The van der Waals surface area contributed by atoms with Crippen LogP contribution in [0.25, 0.3) is 0 Å². The second-order valence-corrected chi connectivity index (χ2v) is 2.78. The van der Waals surface area contributed by atoms with Gasteiger partial charge in [0.05, 0.1) is 0 Å². The molecule has 0 aromatic heterocycles. The van der Waals surface area contributed by atoms with Gasteiger partial charge in [-0.25, -0.2) is 0 Å². The third kappa shape index (κ3) is 5.64. The fourth-order valence-corrected chi connectivity index (χ4v) is 0.614. The fourth-order valence-electron chi connectivity index (χ4n) is 0.614. The number of hydrogen-bond donors (Lipinski definition) is 1. The van der Waals surface area contributed by atoms with E-state index >= 15 is 0 Å². The Bertz CT molecular complexity index is 138. The minimum Gasteiger partial charge on any atom is -0.352 e. The second-order valence-electron chi connectivity index (χ2n) is 2.78. The first kappa shape index (κ1) is 10.2. The summed E-state index contributed by atoms with van der Waals surface area (Å²) in [5.74, 6) is 0.204. The summed E-state index contributed by atoms with van der Waals surface area (Å²) in [6, 6.07) is 0. The number of allylic oxidation sites excluding steroid dienone is 1.